The molecule has 0 amide bonds. The number of rotatable bonds is 2. The van der Waals surface area contributed by atoms with Crippen molar-refractivity contribution in [1.29, 1.82) is 0 Å². The quantitative estimate of drug-likeness (QED) is 0.402. The van der Waals surface area contributed by atoms with Crippen LogP contribution < -0.4 is 0 Å². The van der Waals surface area contributed by atoms with Crippen molar-refractivity contribution in [2.75, 3.05) is 6.61 Å². The fourth-order valence-electron chi connectivity index (χ4n) is 0.981. The van der Waals surface area contributed by atoms with Gasteiger partial charge in [0.15, 0.2) is 0 Å². The number of benzene rings is 1. The molecule has 0 saturated heterocycles. The minimum atomic E-state index is -0.423. The van der Waals surface area contributed by atoms with Gasteiger partial charge in [0.2, 0.25) is 0 Å². The monoisotopic (exact) mass is 579 g/mol. The van der Waals surface area contributed by atoms with Gasteiger partial charge in [-0.3, -0.25) is 0 Å². The summed E-state index contributed by atoms with van der Waals surface area (Å²) in [5, 5.41) is 9.05. The van der Waals surface area contributed by atoms with Crippen molar-refractivity contribution < 1.29 is 11.7 Å². The Hall–Kier alpha value is 2.08. The van der Waals surface area contributed by atoms with E-state index in [4.69, 9.17) is 5.11 Å². The molecule has 1 rings (SSSR count). The molecule has 0 heterocycles. The summed E-state index contributed by atoms with van der Waals surface area (Å²) < 4.78 is 0. The van der Waals surface area contributed by atoms with Crippen LogP contribution in [0.15, 0.2) is 30.3 Å². The van der Waals surface area contributed by atoms with E-state index in [2.05, 4.69) is 57.6 Å². The van der Waals surface area contributed by atoms with E-state index in [9.17, 15) is 0 Å². The molecule has 0 aliphatic heterocycles. The third kappa shape index (κ3) is 8.76. The number of hydrogen-bond donors (Lipinski definition) is 1. The summed E-state index contributed by atoms with van der Waals surface area (Å²) in [6.07, 6.45) is 0. The minimum absolute atomic E-state index is 0.110. The van der Waals surface area contributed by atoms with E-state index in [0.717, 1.165) is 0 Å². The Morgan fingerprint density at radius 2 is 1.53 bits per heavy atom. The average Bonchev–Trinajstić information content (AvgIpc) is 2.18. The second kappa shape index (κ2) is 9.07. The van der Waals surface area contributed by atoms with Gasteiger partial charge in [0, 0.05) is 5.41 Å². The standard InChI is InChI=1S/C10H14O.3HI.Ti/c1-10(2,8-11)9-6-4-3-5-7-9;;;;/h3-7,11H,8H2,1-2H3;3*1H;/q;;;;+3/p-3. The Balaban J connectivity index is 0.000000423. The van der Waals surface area contributed by atoms with Crippen molar-refractivity contribution in [3.63, 3.8) is 0 Å². The summed E-state index contributed by atoms with van der Waals surface area (Å²) in [6, 6.07) is 10.0. The first kappa shape index (κ1) is 17.1. The van der Waals surface area contributed by atoms with E-state index < -0.39 is 6.63 Å². The maximum absolute atomic E-state index is 9.05. The molecule has 0 fully saturated rings. The molecule has 1 aromatic carbocycles. The van der Waals surface area contributed by atoms with Gasteiger partial charge in [-0.2, -0.15) is 0 Å². The van der Waals surface area contributed by atoms with Crippen molar-refractivity contribution in [3.05, 3.63) is 35.9 Å². The number of aliphatic hydroxyl groups is 1. The molecule has 5 heteroatoms. The summed E-state index contributed by atoms with van der Waals surface area (Å²) in [7, 11) is 0. The van der Waals surface area contributed by atoms with Crippen molar-refractivity contribution >= 4 is 57.6 Å². The van der Waals surface area contributed by atoms with E-state index in [-0.39, 0.29) is 12.0 Å². The normalized spacial score (nSPS) is 10.3. The molecular formula is C10H14I3OTi. The molecule has 1 N–H and O–H groups in total. The predicted molar refractivity (Wildman–Crippen MR) is 88.6 cm³/mol. The Morgan fingerprint density at radius 1 is 1.13 bits per heavy atom. The van der Waals surface area contributed by atoms with E-state index in [0.29, 0.717) is 0 Å². The second-order valence-corrected chi connectivity index (χ2v) is 43.2. The van der Waals surface area contributed by atoms with Crippen molar-refractivity contribution in [2.45, 2.75) is 19.3 Å². The van der Waals surface area contributed by atoms with Crippen LogP contribution in [0.25, 0.3) is 0 Å². The van der Waals surface area contributed by atoms with E-state index in [1.54, 1.807) is 0 Å². The topological polar surface area (TPSA) is 20.2 Å². The predicted octanol–water partition coefficient (Wildman–Crippen LogP) is 4.61. The Labute approximate surface area is 129 Å². The Morgan fingerprint density at radius 3 is 1.87 bits per heavy atom. The van der Waals surface area contributed by atoms with Crippen LogP contribution in [0.1, 0.15) is 19.4 Å². The number of aliphatic hydroxyl groups excluding tert-OH is 1. The molecule has 85 valence electrons. The second-order valence-electron chi connectivity index (χ2n) is 3.62. The molecule has 1 aromatic rings. The van der Waals surface area contributed by atoms with Gasteiger partial charge in [0.1, 0.15) is 0 Å². The summed E-state index contributed by atoms with van der Waals surface area (Å²) in [5.74, 6) is 0. The Kier molecular flexibility index (Phi) is 10.3. The van der Waals surface area contributed by atoms with Crippen molar-refractivity contribution in [1.82, 2.24) is 0 Å². The summed E-state index contributed by atoms with van der Waals surface area (Å²) in [5.41, 5.74) is 1.07. The van der Waals surface area contributed by atoms with Crippen LogP contribution in [-0.4, -0.2) is 11.7 Å². The van der Waals surface area contributed by atoms with Crippen LogP contribution in [-0.2, 0) is 12.0 Å². The van der Waals surface area contributed by atoms with Gasteiger partial charge in [-0.15, -0.1) is 0 Å². The van der Waals surface area contributed by atoms with Crippen LogP contribution in [0.4, 0.5) is 0 Å². The third-order valence-electron chi connectivity index (χ3n) is 1.95. The first-order chi connectivity index (χ1) is 6.90. The van der Waals surface area contributed by atoms with E-state index >= 15 is 0 Å². The fourth-order valence-corrected chi connectivity index (χ4v) is 0.981. The van der Waals surface area contributed by atoms with Gasteiger partial charge in [-0.25, -0.2) is 0 Å². The van der Waals surface area contributed by atoms with Gasteiger partial charge in [-0.1, -0.05) is 44.2 Å². The average molecular weight is 579 g/mol. The molecule has 0 spiro atoms. The third-order valence-corrected chi connectivity index (χ3v) is 1.95. The summed E-state index contributed by atoms with van der Waals surface area (Å²) in [6.45, 7) is 3.83. The zero-order chi connectivity index (χ0) is 11.9. The van der Waals surface area contributed by atoms with Gasteiger partial charge in [-0.05, 0) is 5.56 Å². The van der Waals surface area contributed by atoms with Crippen LogP contribution in [0.3, 0.4) is 0 Å². The van der Waals surface area contributed by atoms with Crippen molar-refractivity contribution in [3.8, 4) is 0 Å². The molecule has 1 nitrogen and oxygen atoms in total. The zero-order valence-electron chi connectivity index (χ0n) is 8.67. The van der Waals surface area contributed by atoms with Gasteiger partial charge in [0.25, 0.3) is 0 Å². The first-order valence-corrected chi connectivity index (χ1v) is 19.5. The SMILES string of the molecule is CC(C)(CO)c1ccccc1.[I][Ti]([I])[I]. The molecule has 0 bridgehead atoms. The van der Waals surface area contributed by atoms with Crippen molar-refractivity contribution in [2.24, 2.45) is 0 Å². The molecule has 0 radical (unpaired) electrons. The van der Waals surface area contributed by atoms with Gasteiger partial charge < -0.3 is 5.11 Å². The summed E-state index contributed by atoms with van der Waals surface area (Å²) in [4.78, 5) is 0. The van der Waals surface area contributed by atoms with Crippen LogP contribution in [0.5, 0.6) is 0 Å². The van der Waals surface area contributed by atoms with Crippen LogP contribution in [0, 0.1) is 0 Å². The van der Waals surface area contributed by atoms with Gasteiger partial charge >= 0.3 is 64.2 Å². The molecule has 15 heavy (non-hydrogen) atoms. The Bertz CT molecular complexity index is 262. The molecule has 0 aromatic heterocycles. The molecule has 0 aliphatic rings. The van der Waals surface area contributed by atoms with Gasteiger partial charge in [0.05, 0.1) is 6.61 Å². The first-order valence-electron chi connectivity index (χ1n) is 4.40. The number of hydrogen-bond acceptors (Lipinski definition) is 1. The van der Waals surface area contributed by atoms with Crippen LogP contribution >= 0.6 is 57.6 Å². The fraction of sp³-hybridized carbons (Fsp3) is 0.400. The molecule has 0 saturated carbocycles. The number of halogens is 3. The molecule has 0 aliphatic carbocycles. The summed E-state index contributed by atoms with van der Waals surface area (Å²) >= 11 is 7.45. The molecule has 0 atom stereocenters. The van der Waals surface area contributed by atoms with Crippen LogP contribution in [0.2, 0.25) is 0 Å². The maximum atomic E-state index is 9.05. The molecular weight excluding hydrogens is 565 g/mol. The van der Waals surface area contributed by atoms with E-state index in [1.165, 1.54) is 5.56 Å². The zero-order valence-corrected chi connectivity index (χ0v) is 16.7. The molecule has 0 unspecified atom stereocenters. The van der Waals surface area contributed by atoms with E-state index in [1.807, 2.05) is 44.2 Å².